The summed E-state index contributed by atoms with van der Waals surface area (Å²) in [6, 6.07) is 12.3. The van der Waals surface area contributed by atoms with Gasteiger partial charge in [0.05, 0.1) is 6.26 Å². The summed E-state index contributed by atoms with van der Waals surface area (Å²) >= 11 is 0. The molecule has 2 heterocycles. The van der Waals surface area contributed by atoms with Crippen LogP contribution in [0.15, 0.2) is 47.1 Å². The van der Waals surface area contributed by atoms with Gasteiger partial charge in [0.15, 0.2) is 0 Å². The molecule has 0 radical (unpaired) electrons. The quantitative estimate of drug-likeness (QED) is 0.939. The fraction of sp³-hybridized carbons (Fsp3) is 0.421. The molecule has 23 heavy (non-hydrogen) atoms. The Kier molecular flexibility index (Phi) is 4.16. The van der Waals surface area contributed by atoms with E-state index in [1.54, 1.807) is 6.26 Å². The second kappa shape index (κ2) is 6.11. The van der Waals surface area contributed by atoms with Gasteiger partial charge in [0.2, 0.25) is 5.91 Å². The molecule has 3 rings (SSSR count). The van der Waals surface area contributed by atoms with E-state index in [0.29, 0.717) is 6.54 Å². The number of rotatable bonds is 4. The maximum atomic E-state index is 12.2. The molecule has 4 heteroatoms. The highest BCUT2D eigenvalue weighted by atomic mass is 16.3. The van der Waals surface area contributed by atoms with Crippen molar-refractivity contribution in [2.24, 2.45) is 5.41 Å². The third kappa shape index (κ3) is 3.26. The molecule has 0 saturated heterocycles. The third-order valence-corrected chi connectivity index (χ3v) is 4.31. The summed E-state index contributed by atoms with van der Waals surface area (Å²) in [5.41, 5.74) is 2.20. The number of hydrogen-bond donors (Lipinski definition) is 1. The topological polar surface area (TPSA) is 45.5 Å². The van der Waals surface area contributed by atoms with Crippen molar-refractivity contribution in [3.8, 4) is 0 Å². The second-order valence-electron chi connectivity index (χ2n) is 7.06. The molecule has 1 aliphatic rings. The van der Waals surface area contributed by atoms with Crippen LogP contribution in [0.4, 0.5) is 5.69 Å². The fourth-order valence-corrected chi connectivity index (χ4v) is 2.99. The first-order valence-electron chi connectivity index (χ1n) is 8.13. The summed E-state index contributed by atoms with van der Waals surface area (Å²) in [6.07, 6.45) is 2.72. The summed E-state index contributed by atoms with van der Waals surface area (Å²) in [7, 11) is 0. The van der Waals surface area contributed by atoms with Gasteiger partial charge in [-0.2, -0.15) is 0 Å². The van der Waals surface area contributed by atoms with E-state index in [-0.39, 0.29) is 11.9 Å². The van der Waals surface area contributed by atoms with Gasteiger partial charge in [-0.05, 0) is 30.2 Å². The zero-order valence-electron chi connectivity index (χ0n) is 14.0. The Labute approximate surface area is 137 Å². The summed E-state index contributed by atoms with van der Waals surface area (Å²) in [5, 5.41) is 3.08. The van der Waals surface area contributed by atoms with Crippen LogP contribution in [0.3, 0.4) is 0 Å². The van der Waals surface area contributed by atoms with Crippen LogP contribution in [-0.2, 0) is 11.2 Å². The summed E-state index contributed by atoms with van der Waals surface area (Å²) < 4.78 is 5.65. The fourth-order valence-electron chi connectivity index (χ4n) is 2.99. The van der Waals surface area contributed by atoms with Crippen LogP contribution in [0, 0.1) is 5.41 Å². The number of nitrogens with one attached hydrogen (secondary N) is 1. The summed E-state index contributed by atoms with van der Waals surface area (Å²) in [6.45, 7) is 7.26. The number of fused-ring (bicyclic) bond motifs is 1. The van der Waals surface area contributed by atoms with Gasteiger partial charge in [0.1, 0.15) is 11.8 Å². The highest BCUT2D eigenvalue weighted by Gasteiger charge is 2.30. The molecule has 1 aliphatic heterocycles. The average Bonchev–Trinajstić information content (AvgIpc) is 3.16. The molecule has 0 unspecified atom stereocenters. The molecule has 0 bridgehead atoms. The Morgan fingerprint density at radius 1 is 1.26 bits per heavy atom. The highest BCUT2D eigenvalue weighted by Crippen LogP contribution is 2.35. The first-order valence-corrected chi connectivity index (χ1v) is 8.13. The molecule has 1 N–H and O–H groups in total. The number of carbonyl (C=O) groups excluding carboxylic acids is 1. The zero-order chi connectivity index (χ0) is 16.4. The van der Waals surface area contributed by atoms with Crippen molar-refractivity contribution >= 4 is 11.6 Å². The first-order chi connectivity index (χ1) is 11.0. The van der Waals surface area contributed by atoms with Crippen molar-refractivity contribution in [1.82, 2.24) is 5.32 Å². The van der Waals surface area contributed by atoms with Gasteiger partial charge < -0.3 is 14.6 Å². The molecule has 0 spiro atoms. The second-order valence-corrected chi connectivity index (χ2v) is 7.06. The van der Waals surface area contributed by atoms with Gasteiger partial charge in [-0.3, -0.25) is 4.79 Å². The monoisotopic (exact) mass is 312 g/mol. The van der Waals surface area contributed by atoms with Crippen molar-refractivity contribution in [2.75, 3.05) is 18.0 Å². The highest BCUT2D eigenvalue weighted by molar-refractivity contribution is 5.81. The average molecular weight is 312 g/mol. The van der Waals surface area contributed by atoms with E-state index in [1.165, 1.54) is 11.3 Å². The Morgan fingerprint density at radius 2 is 2.04 bits per heavy atom. The van der Waals surface area contributed by atoms with Crippen molar-refractivity contribution in [1.29, 1.82) is 0 Å². The minimum Gasteiger partial charge on any atom is -0.467 e. The minimum atomic E-state index is -0.392. The summed E-state index contributed by atoms with van der Waals surface area (Å²) in [5.74, 6) is 0.942. The maximum absolute atomic E-state index is 12.2. The number of anilines is 1. The SMILES string of the molecule is CC(C)(C)C(=O)NC[C@H](c1ccco1)N1CCc2ccccc21. The Bertz CT molecular complexity index is 671. The van der Waals surface area contributed by atoms with Crippen LogP contribution in [-0.4, -0.2) is 19.0 Å². The maximum Gasteiger partial charge on any atom is 0.225 e. The number of carbonyl (C=O) groups is 1. The molecular formula is C19H24N2O2. The molecule has 1 atom stereocenters. The van der Waals surface area contributed by atoms with Gasteiger partial charge in [-0.1, -0.05) is 39.0 Å². The van der Waals surface area contributed by atoms with Gasteiger partial charge in [0.25, 0.3) is 0 Å². The smallest absolute Gasteiger partial charge is 0.225 e. The predicted molar refractivity (Wildman–Crippen MR) is 91.4 cm³/mol. The van der Waals surface area contributed by atoms with Gasteiger partial charge in [0, 0.05) is 24.2 Å². The lowest BCUT2D eigenvalue weighted by atomic mass is 9.95. The number of hydrogen-bond acceptors (Lipinski definition) is 3. The van der Waals surface area contributed by atoms with E-state index in [1.807, 2.05) is 32.9 Å². The number of nitrogens with zero attached hydrogens (tertiary/aromatic N) is 1. The van der Waals surface area contributed by atoms with Gasteiger partial charge in [-0.25, -0.2) is 0 Å². The number of para-hydroxylation sites is 1. The lowest BCUT2D eigenvalue weighted by molar-refractivity contribution is -0.128. The molecule has 1 aromatic heterocycles. The predicted octanol–water partition coefficient (Wildman–Crippen LogP) is 3.55. The molecule has 0 aliphatic carbocycles. The van der Waals surface area contributed by atoms with E-state index < -0.39 is 5.41 Å². The third-order valence-electron chi connectivity index (χ3n) is 4.31. The molecule has 4 nitrogen and oxygen atoms in total. The van der Waals surface area contributed by atoms with Crippen molar-refractivity contribution in [3.05, 3.63) is 54.0 Å². The number of benzene rings is 1. The molecule has 0 saturated carbocycles. The molecule has 0 fully saturated rings. The van der Waals surface area contributed by atoms with Crippen LogP contribution in [0.25, 0.3) is 0 Å². The van der Waals surface area contributed by atoms with Crippen LogP contribution in [0.2, 0.25) is 0 Å². The minimum absolute atomic E-state index is 0.0138. The molecule has 2 aromatic rings. The first kappa shape index (κ1) is 15.7. The van der Waals surface area contributed by atoms with E-state index in [4.69, 9.17) is 4.42 Å². The van der Waals surface area contributed by atoms with Crippen molar-refractivity contribution < 1.29 is 9.21 Å². The Morgan fingerprint density at radius 3 is 2.74 bits per heavy atom. The molecule has 1 amide bonds. The van der Waals surface area contributed by atoms with Gasteiger partial charge >= 0.3 is 0 Å². The lowest BCUT2D eigenvalue weighted by Crippen LogP contribution is -2.41. The van der Waals surface area contributed by atoms with Crippen LogP contribution < -0.4 is 10.2 Å². The number of amides is 1. The molecule has 122 valence electrons. The molecule has 1 aromatic carbocycles. The standard InChI is InChI=1S/C19H24N2O2/c1-19(2,3)18(22)20-13-16(17-9-6-12-23-17)21-11-10-14-7-4-5-8-15(14)21/h4-9,12,16H,10-11,13H2,1-3H3,(H,20,22)/t16-/m1/s1. The lowest BCUT2D eigenvalue weighted by Gasteiger charge is -2.30. The van der Waals surface area contributed by atoms with E-state index >= 15 is 0 Å². The van der Waals surface area contributed by atoms with Crippen LogP contribution in [0.1, 0.15) is 38.1 Å². The van der Waals surface area contributed by atoms with E-state index in [2.05, 4.69) is 34.5 Å². The summed E-state index contributed by atoms with van der Waals surface area (Å²) in [4.78, 5) is 14.6. The zero-order valence-corrected chi connectivity index (χ0v) is 14.0. The largest absolute Gasteiger partial charge is 0.467 e. The normalized spacial score (nSPS) is 15.3. The van der Waals surface area contributed by atoms with Crippen molar-refractivity contribution in [2.45, 2.75) is 33.2 Å². The van der Waals surface area contributed by atoms with Crippen LogP contribution in [0.5, 0.6) is 0 Å². The van der Waals surface area contributed by atoms with Crippen LogP contribution >= 0.6 is 0 Å². The van der Waals surface area contributed by atoms with E-state index in [0.717, 1.165) is 18.7 Å². The Balaban J connectivity index is 1.82. The van der Waals surface area contributed by atoms with Crippen molar-refractivity contribution in [3.63, 3.8) is 0 Å². The van der Waals surface area contributed by atoms with E-state index in [9.17, 15) is 4.79 Å². The molecular weight excluding hydrogens is 288 g/mol. The Hall–Kier alpha value is -2.23. The number of furan rings is 1. The van der Waals surface area contributed by atoms with Gasteiger partial charge in [-0.15, -0.1) is 0 Å².